The molecule has 5 rings (SSSR count). The zero-order valence-electron chi connectivity index (χ0n) is 19.8. The summed E-state index contributed by atoms with van der Waals surface area (Å²) in [5.41, 5.74) is 6.77. The van der Waals surface area contributed by atoms with Gasteiger partial charge >= 0.3 is 16.3 Å². The maximum atomic E-state index is 12.3. The van der Waals surface area contributed by atoms with Crippen molar-refractivity contribution in [1.82, 2.24) is 40.2 Å². The van der Waals surface area contributed by atoms with Gasteiger partial charge in [0.2, 0.25) is 5.91 Å². The Morgan fingerprint density at radius 2 is 2.14 bits per heavy atom. The number of aromatic nitrogens is 4. The highest BCUT2D eigenvalue weighted by Gasteiger charge is 2.42. The van der Waals surface area contributed by atoms with Gasteiger partial charge in [-0.25, -0.2) is 24.5 Å². The number of nitrogens with two attached hydrogens (primary N) is 1. The third-order valence-electron chi connectivity index (χ3n) is 6.47. The van der Waals surface area contributed by atoms with E-state index < -0.39 is 28.5 Å². The van der Waals surface area contributed by atoms with Gasteiger partial charge < -0.3 is 26.4 Å². The standard InChI is InChI=1S/C20H29N9O6S2/c21-18-17-19(24-9-23-18)29(10-25-17)15-6-22-5-11(35-15)7-34-37(32,33)28-14(30)4-2-1-3-13-16-12(8-36-13)26-20(31)27-16/h9-13,15-16,22H,1-8H2,(H,28,30)(H2,21,23,24)(H2,26,27,31)/t11-,12?,13+,15+,16?/m0/s1. The van der Waals surface area contributed by atoms with Crippen molar-refractivity contribution in [3.8, 4) is 0 Å². The lowest BCUT2D eigenvalue weighted by atomic mass is 10.0. The van der Waals surface area contributed by atoms with Gasteiger partial charge in [0.05, 0.1) is 31.1 Å². The van der Waals surface area contributed by atoms with Gasteiger partial charge in [0.25, 0.3) is 0 Å². The van der Waals surface area contributed by atoms with Crippen LogP contribution in [0.3, 0.4) is 0 Å². The summed E-state index contributed by atoms with van der Waals surface area (Å²) in [6.07, 6.45) is 3.92. The summed E-state index contributed by atoms with van der Waals surface area (Å²) < 4.78 is 39.2. The molecule has 2 unspecified atom stereocenters. The predicted molar refractivity (Wildman–Crippen MR) is 133 cm³/mol. The molecule has 17 heteroatoms. The summed E-state index contributed by atoms with van der Waals surface area (Å²) in [4.78, 5) is 36.0. The molecule has 0 saturated carbocycles. The van der Waals surface area contributed by atoms with Crippen molar-refractivity contribution >= 4 is 51.0 Å². The van der Waals surface area contributed by atoms with Crippen molar-refractivity contribution in [2.75, 3.05) is 31.2 Å². The molecule has 37 heavy (non-hydrogen) atoms. The van der Waals surface area contributed by atoms with Crippen LogP contribution in [0, 0.1) is 0 Å². The van der Waals surface area contributed by atoms with E-state index in [1.165, 1.54) is 12.7 Å². The highest BCUT2D eigenvalue weighted by atomic mass is 32.2. The molecule has 0 aromatic carbocycles. The second-order valence-corrected chi connectivity index (χ2v) is 11.7. The fourth-order valence-electron chi connectivity index (χ4n) is 4.69. The number of unbranched alkanes of at least 4 members (excludes halogenated alkanes) is 1. The first kappa shape index (κ1) is 25.9. The van der Waals surface area contributed by atoms with E-state index in [2.05, 4.69) is 30.9 Å². The fraction of sp³-hybridized carbons (Fsp3) is 0.650. The zero-order valence-corrected chi connectivity index (χ0v) is 21.5. The fourth-order valence-corrected chi connectivity index (χ4v) is 7.00. The molecule has 2 aromatic rings. The van der Waals surface area contributed by atoms with Gasteiger partial charge in [0.15, 0.2) is 11.5 Å². The van der Waals surface area contributed by atoms with Crippen molar-refractivity contribution in [3.63, 3.8) is 0 Å². The molecule has 0 radical (unpaired) electrons. The van der Waals surface area contributed by atoms with Gasteiger partial charge in [-0.15, -0.1) is 0 Å². The van der Waals surface area contributed by atoms with Crippen molar-refractivity contribution in [2.45, 2.75) is 55.3 Å². The van der Waals surface area contributed by atoms with E-state index in [-0.39, 0.29) is 42.2 Å². The SMILES string of the molecule is Nc1ncnc2c1ncn2[C@H]1CNC[C@@H](COS(=O)(=O)NC(=O)CCCC[C@H]2SCC3NC(=O)NC32)O1. The van der Waals surface area contributed by atoms with Crippen molar-refractivity contribution < 1.29 is 26.9 Å². The van der Waals surface area contributed by atoms with E-state index in [1.54, 1.807) is 16.3 Å². The third kappa shape index (κ3) is 6.06. The molecule has 2 aromatic heterocycles. The first-order valence-electron chi connectivity index (χ1n) is 12.0. The van der Waals surface area contributed by atoms with E-state index in [4.69, 9.17) is 14.7 Å². The Hall–Kier alpha value is -2.73. The number of morpholine rings is 1. The summed E-state index contributed by atoms with van der Waals surface area (Å²) in [6, 6.07) is 0.124. The summed E-state index contributed by atoms with van der Waals surface area (Å²) >= 11 is 1.80. The number of carbonyl (C=O) groups excluding carboxylic acids is 2. The minimum Gasteiger partial charge on any atom is -0.382 e. The van der Waals surface area contributed by atoms with Gasteiger partial charge in [-0.1, -0.05) is 6.42 Å². The van der Waals surface area contributed by atoms with Gasteiger partial charge in [-0.05, 0) is 12.8 Å². The monoisotopic (exact) mass is 555 g/mol. The molecule has 3 aliphatic rings. The third-order valence-corrected chi connectivity index (χ3v) is 8.90. The Kier molecular flexibility index (Phi) is 7.66. The van der Waals surface area contributed by atoms with E-state index in [0.29, 0.717) is 30.7 Å². The number of amides is 3. The highest BCUT2D eigenvalue weighted by molar-refractivity contribution is 8.00. The van der Waals surface area contributed by atoms with Crippen LogP contribution in [0.25, 0.3) is 11.2 Å². The molecule has 3 aliphatic heterocycles. The van der Waals surface area contributed by atoms with Crippen LogP contribution in [-0.2, 0) is 24.0 Å². The van der Waals surface area contributed by atoms with E-state index in [0.717, 1.165) is 18.6 Å². The number of anilines is 1. The van der Waals surface area contributed by atoms with Crippen LogP contribution in [0.2, 0.25) is 0 Å². The molecular formula is C20H29N9O6S2. The molecule has 0 bridgehead atoms. The molecular weight excluding hydrogens is 526 g/mol. The number of urea groups is 1. The molecule has 0 aliphatic carbocycles. The molecule has 202 valence electrons. The first-order valence-corrected chi connectivity index (χ1v) is 14.4. The normalized spacial score (nSPS) is 27.6. The van der Waals surface area contributed by atoms with E-state index >= 15 is 0 Å². The summed E-state index contributed by atoms with van der Waals surface area (Å²) in [6.45, 7) is 0.525. The Balaban J connectivity index is 1.04. The lowest BCUT2D eigenvalue weighted by molar-refractivity contribution is -0.119. The van der Waals surface area contributed by atoms with Crippen molar-refractivity contribution in [2.24, 2.45) is 0 Å². The summed E-state index contributed by atoms with van der Waals surface area (Å²) in [5, 5.41) is 9.28. The average Bonchev–Trinajstić information content (AvgIpc) is 3.56. The number of thioether (sulfide) groups is 1. The minimum absolute atomic E-state index is 0.0565. The smallest absolute Gasteiger partial charge is 0.362 e. The highest BCUT2D eigenvalue weighted by Crippen LogP contribution is 2.33. The molecule has 5 heterocycles. The van der Waals surface area contributed by atoms with Crippen molar-refractivity contribution in [1.29, 1.82) is 0 Å². The topological polar surface area (TPSA) is 204 Å². The maximum Gasteiger partial charge on any atom is 0.362 e. The van der Waals surface area contributed by atoms with Crippen LogP contribution in [-0.4, -0.2) is 88.8 Å². The number of carbonyl (C=O) groups is 2. The number of rotatable bonds is 10. The Morgan fingerprint density at radius 1 is 1.27 bits per heavy atom. The molecule has 3 saturated heterocycles. The van der Waals surface area contributed by atoms with Crippen LogP contribution in [0.4, 0.5) is 10.6 Å². The van der Waals surface area contributed by atoms with E-state index in [1.807, 2.05) is 4.72 Å². The lowest BCUT2D eigenvalue weighted by Gasteiger charge is -2.31. The number of hydrogen-bond donors (Lipinski definition) is 5. The van der Waals surface area contributed by atoms with Crippen LogP contribution >= 0.6 is 11.8 Å². The van der Waals surface area contributed by atoms with Gasteiger partial charge in [0.1, 0.15) is 18.1 Å². The number of fused-ring (bicyclic) bond motifs is 2. The number of ether oxygens (including phenoxy) is 1. The van der Waals surface area contributed by atoms with Crippen molar-refractivity contribution in [3.05, 3.63) is 12.7 Å². The predicted octanol–water partition coefficient (Wildman–Crippen LogP) is -1.00. The lowest BCUT2D eigenvalue weighted by Crippen LogP contribution is -2.45. The Morgan fingerprint density at radius 3 is 3.00 bits per heavy atom. The van der Waals surface area contributed by atoms with Gasteiger partial charge in [-0.3, -0.25) is 13.5 Å². The van der Waals surface area contributed by atoms with Crippen LogP contribution in [0.5, 0.6) is 0 Å². The molecule has 3 fully saturated rings. The summed E-state index contributed by atoms with van der Waals surface area (Å²) in [5.74, 6) is 0.489. The second-order valence-electron chi connectivity index (χ2n) is 9.09. The zero-order chi connectivity index (χ0) is 26.0. The molecule has 0 spiro atoms. The average molecular weight is 556 g/mol. The number of imidazole rings is 1. The Labute approximate surface area is 217 Å². The minimum atomic E-state index is -4.29. The van der Waals surface area contributed by atoms with Crippen LogP contribution in [0.15, 0.2) is 12.7 Å². The molecule has 15 nitrogen and oxygen atoms in total. The molecule has 3 amide bonds. The number of nitrogens with one attached hydrogen (secondary N) is 4. The second kappa shape index (κ2) is 10.9. The first-order chi connectivity index (χ1) is 17.8. The quantitative estimate of drug-likeness (QED) is 0.177. The van der Waals surface area contributed by atoms with Gasteiger partial charge in [-0.2, -0.15) is 20.2 Å². The van der Waals surface area contributed by atoms with Gasteiger partial charge in [0, 0.05) is 30.5 Å². The maximum absolute atomic E-state index is 12.3. The van der Waals surface area contributed by atoms with E-state index in [9.17, 15) is 18.0 Å². The number of hydrogen-bond acceptors (Lipinski definition) is 12. The molecule has 6 N–H and O–H groups in total. The number of nitrogens with zero attached hydrogens (tertiary/aromatic N) is 4. The van der Waals surface area contributed by atoms with Crippen LogP contribution in [0.1, 0.15) is 31.9 Å². The number of nitrogen functional groups attached to an aromatic ring is 1. The Bertz CT molecular complexity index is 1260. The molecule has 5 atom stereocenters. The van der Waals surface area contributed by atoms with Crippen LogP contribution < -0.4 is 26.4 Å². The largest absolute Gasteiger partial charge is 0.382 e. The summed E-state index contributed by atoms with van der Waals surface area (Å²) in [7, 11) is -4.29.